The molecule has 0 aromatic rings. The Bertz CT molecular complexity index is 293. The Labute approximate surface area is 119 Å². The highest BCUT2D eigenvalue weighted by molar-refractivity contribution is 5.11. The molecule has 110 valence electrons. The van der Waals surface area contributed by atoms with E-state index in [-0.39, 0.29) is 5.54 Å². The molecule has 0 heterocycles. The fraction of sp³-hybridized carbons (Fsp3) is 0.938. The first-order valence-electron chi connectivity index (χ1n) is 8.01. The van der Waals surface area contributed by atoms with E-state index < -0.39 is 0 Å². The van der Waals surface area contributed by atoms with Gasteiger partial charge in [0.15, 0.2) is 0 Å². The zero-order valence-electron chi connectivity index (χ0n) is 13.2. The van der Waals surface area contributed by atoms with Gasteiger partial charge in [-0.3, -0.25) is 5.32 Å². The van der Waals surface area contributed by atoms with Gasteiger partial charge >= 0.3 is 0 Å². The summed E-state index contributed by atoms with van der Waals surface area (Å²) in [5, 5.41) is 13.0. The number of hydrogen-bond donors (Lipinski definition) is 1. The molecule has 0 aromatic carbocycles. The summed E-state index contributed by atoms with van der Waals surface area (Å²) in [6.07, 6.45) is 5.65. The monoisotopic (exact) mass is 265 g/mol. The Morgan fingerprint density at radius 2 is 2.16 bits per heavy atom. The fourth-order valence-electron chi connectivity index (χ4n) is 3.26. The van der Waals surface area contributed by atoms with Crippen LogP contribution >= 0.6 is 0 Å². The van der Waals surface area contributed by atoms with Crippen molar-refractivity contribution in [3.63, 3.8) is 0 Å². The van der Waals surface area contributed by atoms with Gasteiger partial charge in [0.2, 0.25) is 0 Å². The molecule has 0 bridgehead atoms. The van der Waals surface area contributed by atoms with Crippen LogP contribution in [0.5, 0.6) is 0 Å². The van der Waals surface area contributed by atoms with E-state index in [1.165, 1.54) is 25.8 Å². The van der Waals surface area contributed by atoms with Crippen molar-refractivity contribution in [2.45, 2.75) is 71.4 Å². The lowest BCUT2D eigenvalue weighted by molar-refractivity contribution is 0.111. The first-order chi connectivity index (χ1) is 9.10. The minimum Gasteiger partial charge on any atom is -0.300 e. The van der Waals surface area contributed by atoms with Gasteiger partial charge in [-0.15, -0.1) is 0 Å². The van der Waals surface area contributed by atoms with Gasteiger partial charge in [-0.2, -0.15) is 5.26 Å². The molecule has 0 radical (unpaired) electrons. The fourth-order valence-corrected chi connectivity index (χ4v) is 3.26. The van der Waals surface area contributed by atoms with Crippen LogP contribution in [-0.4, -0.2) is 36.1 Å². The third-order valence-corrected chi connectivity index (χ3v) is 4.62. The van der Waals surface area contributed by atoms with Crippen LogP contribution in [0.1, 0.15) is 59.8 Å². The molecule has 3 atom stereocenters. The van der Waals surface area contributed by atoms with Crippen LogP contribution in [0, 0.1) is 17.2 Å². The van der Waals surface area contributed by atoms with Crippen LogP contribution in [0.3, 0.4) is 0 Å². The Morgan fingerprint density at radius 1 is 1.42 bits per heavy atom. The van der Waals surface area contributed by atoms with E-state index in [9.17, 15) is 5.26 Å². The second kappa shape index (κ2) is 7.87. The Kier molecular flexibility index (Phi) is 6.82. The lowest BCUT2D eigenvalue weighted by Crippen LogP contribution is -2.53. The van der Waals surface area contributed by atoms with Gasteiger partial charge in [0.25, 0.3) is 0 Å². The Balaban J connectivity index is 2.68. The summed E-state index contributed by atoms with van der Waals surface area (Å²) in [6, 6.07) is 3.13. The van der Waals surface area contributed by atoms with Gasteiger partial charge in [-0.1, -0.05) is 34.1 Å². The zero-order valence-corrected chi connectivity index (χ0v) is 13.2. The third-order valence-electron chi connectivity index (χ3n) is 4.62. The maximum absolute atomic E-state index is 9.54. The molecular weight excluding hydrogens is 234 g/mol. The van der Waals surface area contributed by atoms with E-state index in [0.717, 1.165) is 31.8 Å². The van der Waals surface area contributed by atoms with Crippen molar-refractivity contribution in [2.24, 2.45) is 5.92 Å². The maximum atomic E-state index is 9.54. The minimum absolute atomic E-state index is 0.277. The van der Waals surface area contributed by atoms with Crippen molar-refractivity contribution in [3.8, 4) is 6.07 Å². The topological polar surface area (TPSA) is 39.1 Å². The first-order valence-corrected chi connectivity index (χ1v) is 8.01. The van der Waals surface area contributed by atoms with E-state index in [0.29, 0.717) is 6.04 Å². The van der Waals surface area contributed by atoms with E-state index in [2.05, 4.69) is 44.0 Å². The quantitative estimate of drug-likeness (QED) is 0.768. The summed E-state index contributed by atoms with van der Waals surface area (Å²) in [5.74, 6) is 0.748. The normalized spacial score (nSPS) is 29.2. The average molecular weight is 265 g/mol. The highest BCUT2D eigenvalue weighted by Gasteiger charge is 2.37. The van der Waals surface area contributed by atoms with Gasteiger partial charge < -0.3 is 4.90 Å². The Morgan fingerprint density at radius 3 is 2.68 bits per heavy atom. The smallest absolute Gasteiger partial charge is 0.108 e. The number of rotatable bonds is 7. The lowest BCUT2D eigenvalue weighted by atomic mass is 9.79. The molecule has 3 heteroatoms. The molecule has 1 rings (SSSR count). The van der Waals surface area contributed by atoms with Gasteiger partial charge in [-0.25, -0.2) is 0 Å². The van der Waals surface area contributed by atoms with Crippen LogP contribution in [0.2, 0.25) is 0 Å². The van der Waals surface area contributed by atoms with Crippen molar-refractivity contribution < 1.29 is 0 Å². The summed E-state index contributed by atoms with van der Waals surface area (Å²) in [5.41, 5.74) is -0.277. The summed E-state index contributed by atoms with van der Waals surface area (Å²) in [7, 11) is 0. The van der Waals surface area contributed by atoms with Gasteiger partial charge in [-0.05, 0) is 44.7 Å². The largest absolute Gasteiger partial charge is 0.300 e. The van der Waals surface area contributed by atoms with Crippen molar-refractivity contribution in [3.05, 3.63) is 0 Å². The number of nitriles is 1. The summed E-state index contributed by atoms with van der Waals surface area (Å²) >= 11 is 0. The number of nitrogens with one attached hydrogen (secondary N) is 1. The van der Waals surface area contributed by atoms with Crippen LogP contribution in [-0.2, 0) is 0 Å². The molecule has 3 nitrogen and oxygen atoms in total. The molecule has 1 aliphatic rings. The molecule has 0 spiro atoms. The molecule has 1 aliphatic carbocycles. The maximum Gasteiger partial charge on any atom is 0.108 e. The molecule has 1 N–H and O–H groups in total. The SMILES string of the molecule is CCNC1(C#N)CCCC(N(CC)CC(C)CC)C1. The molecule has 1 fully saturated rings. The Hall–Kier alpha value is -0.590. The molecule has 19 heavy (non-hydrogen) atoms. The molecule has 1 saturated carbocycles. The highest BCUT2D eigenvalue weighted by Crippen LogP contribution is 2.31. The van der Waals surface area contributed by atoms with E-state index >= 15 is 0 Å². The van der Waals surface area contributed by atoms with Gasteiger partial charge in [0, 0.05) is 12.6 Å². The van der Waals surface area contributed by atoms with Crippen molar-refractivity contribution >= 4 is 0 Å². The predicted octanol–water partition coefficient (Wildman–Crippen LogP) is 3.17. The second-order valence-corrected chi connectivity index (χ2v) is 6.08. The van der Waals surface area contributed by atoms with Crippen LogP contribution in [0.15, 0.2) is 0 Å². The van der Waals surface area contributed by atoms with Crippen LogP contribution in [0.25, 0.3) is 0 Å². The molecular formula is C16H31N3. The van der Waals surface area contributed by atoms with E-state index in [4.69, 9.17) is 0 Å². The molecule has 0 saturated heterocycles. The van der Waals surface area contributed by atoms with E-state index in [1.807, 2.05) is 0 Å². The van der Waals surface area contributed by atoms with Crippen molar-refractivity contribution in [2.75, 3.05) is 19.6 Å². The lowest BCUT2D eigenvalue weighted by Gasteiger charge is -2.42. The molecule has 0 aromatic heterocycles. The van der Waals surface area contributed by atoms with E-state index in [1.54, 1.807) is 0 Å². The number of hydrogen-bond acceptors (Lipinski definition) is 3. The van der Waals surface area contributed by atoms with Gasteiger partial charge in [0.05, 0.1) is 6.07 Å². The molecule has 0 amide bonds. The molecule has 3 unspecified atom stereocenters. The van der Waals surface area contributed by atoms with Crippen molar-refractivity contribution in [1.82, 2.24) is 10.2 Å². The second-order valence-electron chi connectivity index (χ2n) is 6.08. The third kappa shape index (κ3) is 4.47. The van der Waals surface area contributed by atoms with Gasteiger partial charge in [0.1, 0.15) is 5.54 Å². The highest BCUT2D eigenvalue weighted by atomic mass is 15.2. The summed E-state index contributed by atoms with van der Waals surface area (Å²) < 4.78 is 0. The standard InChI is InChI=1S/C16H31N3/c1-5-14(4)12-19(7-3)15-9-8-10-16(11-15,13-17)18-6-2/h14-15,18H,5-12H2,1-4H3. The summed E-state index contributed by atoms with van der Waals surface area (Å²) in [4.78, 5) is 2.59. The minimum atomic E-state index is -0.277. The number of nitrogens with zero attached hydrogens (tertiary/aromatic N) is 2. The van der Waals surface area contributed by atoms with Crippen LogP contribution < -0.4 is 5.32 Å². The first kappa shape index (κ1) is 16.5. The molecule has 0 aliphatic heterocycles. The predicted molar refractivity (Wildman–Crippen MR) is 81.0 cm³/mol. The summed E-state index contributed by atoms with van der Waals surface area (Å²) in [6.45, 7) is 12.1. The zero-order chi connectivity index (χ0) is 14.3. The van der Waals surface area contributed by atoms with Crippen molar-refractivity contribution in [1.29, 1.82) is 5.26 Å². The average Bonchev–Trinajstić information content (AvgIpc) is 2.45. The van der Waals surface area contributed by atoms with Crippen LogP contribution in [0.4, 0.5) is 0 Å².